The summed E-state index contributed by atoms with van der Waals surface area (Å²) in [4.78, 5) is 41.3. The second-order valence-corrected chi connectivity index (χ2v) is 12.7. The highest BCUT2D eigenvalue weighted by molar-refractivity contribution is 7.89. The molecule has 214 valence electrons. The first-order valence-electron chi connectivity index (χ1n) is 13.3. The Morgan fingerprint density at radius 3 is 2.49 bits per heavy atom. The average Bonchev–Trinajstić information content (AvgIpc) is 3.66. The minimum absolute atomic E-state index is 0.0274. The molecular weight excluding hydrogens is 550 g/mol. The first kappa shape index (κ1) is 27.2. The van der Waals surface area contributed by atoms with Crippen molar-refractivity contribution in [1.29, 1.82) is 0 Å². The monoisotopic (exact) mass is 579 g/mol. The lowest BCUT2D eigenvalue weighted by Gasteiger charge is -2.44. The number of amides is 3. The van der Waals surface area contributed by atoms with E-state index in [1.54, 1.807) is 54.6 Å². The molecule has 0 spiro atoms. The molecule has 41 heavy (non-hydrogen) atoms. The molecule has 2 N–H and O–H groups in total. The van der Waals surface area contributed by atoms with Gasteiger partial charge in [-0.25, -0.2) is 13.2 Å². The highest BCUT2D eigenvalue weighted by Gasteiger charge is 2.68. The lowest BCUT2D eigenvalue weighted by atomic mass is 9.65. The van der Waals surface area contributed by atoms with Crippen molar-refractivity contribution in [3.8, 4) is 0 Å². The van der Waals surface area contributed by atoms with Crippen LogP contribution in [0.2, 0.25) is 0 Å². The van der Waals surface area contributed by atoms with Crippen molar-refractivity contribution in [2.24, 2.45) is 17.8 Å². The Bertz CT molecular complexity index is 1580. The predicted molar refractivity (Wildman–Crippen MR) is 145 cm³/mol. The summed E-state index contributed by atoms with van der Waals surface area (Å²) in [5, 5.41) is 14.6. The van der Waals surface area contributed by atoms with E-state index in [-0.39, 0.29) is 24.4 Å². The van der Waals surface area contributed by atoms with E-state index >= 15 is 0 Å². The smallest absolute Gasteiger partial charge is 0.407 e. The Morgan fingerprint density at radius 1 is 1.07 bits per heavy atom. The quantitative estimate of drug-likeness (QED) is 0.424. The number of benzene rings is 2. The van der Waals surface area contributed by atoms with Crippen molar-refractivity contribution in [3.05, 3.63) is 84.3 Å². The molecule has 5 atom stereocenters. The van der Waals surface area contributed by atoms with Gasteiger partial charge in [0.1, 0.15) is 17.5 Å². The van der Waals surface area contributed by atoms with Crippen LogP contribution < -0.4 is 10.2 Å². The van der Waals surface area contributed by atoms with Crippen LogP contribution in [0.25, 0.3) is 0 Å². The first-order valence-corrected chi connectivity index (χ1v) is 14.7. The molecule has 2 aliphatic heterocycles. The van der Waals surface area contributed by atoms with Crippen molar-refractivity contribution >= 4 is 33.6 Å². The molecule has 3 aliphatic rings. The zero-order valence-electron chi connectivity index (χ0n) is 22.2. The van der Waals surface area contributed by atoms with Crippen LogP contribution >= 0.6 is 0 Å². The van der Waals surface area contributed by atoms with Crippen LogP contribution in [-0.2, 0) is 30.9 Å². The highest BCUT2D eigenvalue weighted by Crippen LogP contribution is 2.52. The van der Waals surface area contributed by atoms with E-state index in [1.165, 1.54) is 18.4 Å². The van der Waals surface area contributed by atoms with Gasteiger partial charge in [-0.3, -0.25) is 14.5 Å². The lowest BCUT2D eigenvalue weighted by molar-refractivity contribution is -0.156. The summed E-state index contributed by atoms with van der Waals surface area (Å²) in [5.41, 5.74) is -0.648. The van der Waals surface area contributed by atoms with Gasteiger partial charge in [0.05, 0.1) is 35.2 Å². The minimum atomic E-state index is -4.07. The second kappa shape index (κ2) is 10.1. The molecule has 3 fully saturated rings. The van der Waals surface area contributed by atoms with Crippen LogP contribution in [0.1, 0.15) is 17.7 Å². The summed E-state index contributed by atoms with van der Waals surface area (Å²) >= 11 is 0. The maximum atomic E-state index is 13.8. The van der Waals surface area contributed by atoms with Gasteiger partial charge < -0.3 is 19.6 Å². The number of nitrogens with zero attached hydrogens (tertiary/aromatic N) is 2. The van der Waals surface area contributed by atoms with Gasteiger partial charge in [0.25, 0.3) is 0 Å². The van der Waals surface area contributed by atoms with Gasteiger partial charge in [-0.2, -0.15) is 4.31 Å². The van der Waals surface area contributed by atoms with E-state index in [9.17, 15) is 27.9 Å². The van der Waals surface area contributed by atoms with E-state index in [0.29, 0.717) is 11.4 Å². The normalized spacial score (nSPS) is 27.9. The number of ether oxygens (including phenoxy) is 1. The number of aryl methyl sites for hydroxylation is 1. The number of β-amino-alcohol motifs (C(OH)–C–C–N with tert-alkyl or cyclic N) is 1. The third-order valence-corrected chi connectivity index (χ3v) is 10.1. The number of aliphatic hydroxyl groups is 1. The third kappa shape index (κ3) is 4.61. The molecule has 6 rings (SSSR count). The molecule has 11 nitrogen and oxygen atoms in total. The number of hydrogen-bond donors (Lipinski definition) is 2. The number of sulfonamides is 1. The first-order chi connectivity index (χ1) is 19.6. The Kier molecular flexibility index (Phi) is 6.71. The van der Waals surface area contributed by atoms with E-state index in [1.807, 2.05) is 6.92 Å². The van der Waals surface area contributed by atoms with Crippen molar-refractivity contribution in [1.82, 2.24) is 9.62 Å². The molecule has 3 heterocycles. The van der Waals surface area contributed by atoms with Gasteiger partial charge in [0, 0.05) is 19.0 Å². The number of furan rings is 1. The number of rotatable bonds is 6. The number of alkyl carbamates (subject to hydrolysis) is 1. The van der Waals surface area contributed by atoms with Gasteiger partial charge in [-0.15, -0.1) is 0 Å². The van der Waals surface area contributed by atoms with Gasteiger partial charge in [0.2, 0.25) is 21.8 Å². The molecule has 1 aromatic heterocycles. The fourth-order valence-corrected chi connectivity index (χ4v) is 7.77. The molecule has 2 aromatic carbocycles. The van der Waals surface area contributed by atoms with Gasteiger partial charge in [-0.05, 0) is 49.7 Å². The average molecular weight is 580 g/mol. The summed E-state index contributed by atoms with van der Waals surface area (Å²) in [7, 11) is -4.07. The standard InChI is InChI=1S/C29H29N3O8S/c1-18-9-11-21(12-10-18)41(37,38)31-16-23-25-22(26(33)32(27(25)34)19-6-3-2-4-7-19)14-24(29(23,36)17-31)40-28(35)30-15-20-8-5-13-39-20/h2-13,22-25,36H,14-17H2,1H3,(H,30,35)/t22-,23-,24-,25-,29+/m0/s1. The molecular formula is C29H29N3O8S. The predicted octanol–water partition coefficient (Wildman–Crippen LogP) is 2.44. The number of carbonyl (C=O) groups is 3. The molecule has 1 aliphatic carbocycles. The van der Waals surface area contributed by atoms with Crippen molar-refractivity contribution in [3.63, 3.8) is 0 Å². The summed E-state index contributed by atoms with van der Waals surface area (Å²) in [6, 6.07) is 18.1. The Hall–Kier alpha value is -4.00. The fourth-order valence-electron chi connectivity index (χ4n) is 6.26. The Balaban J connectivity index is 1.33. The molecule has 0 radical (unpaired) electrons. The highest BCUT2D eigenvalue weighted by atomic mass is 32.2. The van der Waals surface area contributed by atoms with Crippen LogP contribution in [0.15, 0.2) is 82.3 Å². The lowest BCUT2D eigenvalue weighted by Crippen LogP contribution is -2.59. The van der Waals surface area contributed by atoms with Crippen LogP contribution in [0, 0.1) is 24.7 Å². The molecule has 3 amide bonds. The SMILES string of the molecule is Cc1ccc(S(=O)(=O)N2C[C@H]3[C@H]4C(=O)N(c5ccccc5)C(=O)[C@H]4C[C@H](OC(=O)NCc4ccco4)[C@@]3(O)C2)cc1. The second-order valence-electron chi connectivity index (χ2n) is 10.8. The van der Waals surface area contributed by atoms with E-state index < -0.39 is 63.9 Å². The summed E-state index contributed by atoms with van der Waals surface area (Å²) in [5.74, 6) is -3.39. The molecule has 1 saturated carbocycles. The maximum absolute atomic E-state index is 13.8. The largest absolute Gasteiger partial charge is 0.467 e. The summed E-state index contributed by atoms with van der Waals surface area (Å²) in [6.07, 6.45) is -0.803. The van der Waals surface area contributed by atoms with E-state index in [4.69, 9.17) is 9.15 Å². The number of anilines is 1. The van der Waals surface area contributed by atoms with Crippen molar-refractivity contribution in [2.75, 3.05) is 18.0 Å². The number of fused-ring (bicyclic) bond motifs is 3. The third-order valence-electron chi connectivity index (χ3n) is 8.32. The Labute approximate surface area is 236 Å². The van der Waals surface area contributed by atoms with Crippen molar-refractivity contribution in [2.45, 2.75) is 36.5 Å². The van der Waals surface area contributed by atoms with Crippen LogP contribution in [-0.4, -0.2) is 60.5 Å². The molecule has 0 bridgehead atoms. The number of hydrogen-bond acceptors (Lipinski definition) is 8. The van der Waals surface area contributed by atoms with Crippen LogP contribution in [0.3, 0.4) is 0 Å². The summed E-state index contributed by atoms with van der Waals surface area (Å²) < 4.78 is 39.3. The minimum Gasteiger partial charge on any atom is -0.467 e. The number of carbonyl (C=O) groups excluding carboxylic acids is 3. The van der Waals surface area contributed by atoms with E-state index in [0.717, 1.165) is 14.8 Å². The maximum Gasteiger partial charge on any atom is 0.407 e. The zero-order valence-corrected chi connectivity index (χ0v) is 23.0. The van der Waals surface area contributed by atoms with Crippen LogP contribution in [0.5, 0.6) is 0 Å². The molecule has 12 heteroatoms. The topological polar surface area (TPSA) is 146 Å². The van der Waals surface area contributed by atoms with Gasteiger partial charge in [-0.1, -0.05) is 35.9 Å². The van der Waals surface area contributed by atoms with Crippen LogP contribution in [0.4, 0.5) is 10.5 Å². The number of para-hydroxylation sites is 1. The number of nitrogens with one attached hydrogen (secondary N) is 1. The molecule has 2 saturated heterocycles. The van der Waals surface area contributed by atoms with Gasteiger partial charge in [0.15, 0.2) is 0 Å². The van der Waals surface area contributed by atoms with Gasteiger partial charge >= 0.3 is 6.09 Å². The van der Waals surface area contributed by atoms with Crippen molar-refractivity contribution < 1.29 is 37.1 Å². The number of imide groups is 1. The molecule has 0 unspecified atom stereocenters. The zero-order chi connectivity index (χ0) is 28.9. The summed E-state index contributed by atoms with van der Waals surface area (Å²) in [6.45, 7) is 1.24. The fraction of sp³-hybridized carbons (Fsp3) is 0.345. The Morgan fingerprint density at radius 2 is 1.80 bits per heavy atom. The molecule has 3 aromatic rings. The van der Waals surface area contributed by atoms with E-state index in [2.05, 4.69) is 5.32 Å².